The highest BCUT2D eigenvalue weighted by Crippen LogP contribution is 2.43. The summed E-state index contributed by atoms with van der Waals surface area (Å²) in [6.07, 6.45) is 7.54. The summed E-state index contributed by atoms with van der Waals surface area (Å²) >= 11 is 6.36. The lowest BCUT2D eigenvalue weighted by Crippen LogP contribution is -2.38. The van der Waals surface area contributed by atoms with Gasteiger partial charge in [-0.2, -0.15) is 0 Å². The molecule has 7 heteroatoms. The molecule has 3 aliphatic heterocycles. The topological polar surface area (TPSA) is 76.4 Å². The van der Waals surface area contributed by atoms with Crippen LogP contribution >= 0.6 is 11.6 Å². The zero-order valence-corrected chi connectivity index (χ0v) is 17.5. The largest absolute Gasteiger partial charge is 0.492 e. The van der Waals surface area contributed by atoms with Crippen molar-refractivity contribution in [2.45, 2.75) is 38.0 Å². The quantitative estimate of drug-likeness (QED) is 0.740. The summed E-state index contributed by atoms with van der Waals surface area (Å²) in [5, 5.41) is 0.573. The number of nitrogens with zero attached hydrogens (tertiary/aromatic N) is 2. The number of anilines is 1. The summed E-state index contributed by atoms with van der Waals surface area (Å²) < 4.78 is 11.3. The third-order valence-corrected chi connectivity index (χ3v) is 7.02. The Labute approximate surface area is 176 Å². The van der Waals surface area contributed by atoms with E-state index in [1.807, 2.05) is 12.3 Å². The fraction of sp³-hybridized carbons (Fsp3) is 0.591. The lowest BCUT2D eigenvalue weighted by Gasteiger charge is -2.35. The molecule has 2 aromatic rings. The number of hydrogen-bond donors (Lipinski definition) is 2. The number of likely N-dealkylation sites (tertiary alicyclic amines) is 1. The summed E-state index contributed by atoms with van der Waals surface area (Å²) in [5.41, 5.74) is 9.90. The van der Waals surface area contributed by atoms with Crippen molar-refractivity contribution in [2.75, 3.05) is 45.2 Å². The number of H-pyrrole nitrogens is 1. The Bertz CT molecular complexity index is 870. The fourth-order valence-electron chi connectivity index (χ4n) is 4.94. The molecular weight excluding hydrogens is 388 g/mol. The van der Waals surface area contributed by atoms with Crippen molar-refractivity contribution in [1.82, 2.24) is 14.9 Å². The van der Waals surface area contributed by atoms with Crippen molar-refractivity contribution in [2.24, 2.45) is 5.92 Å². The zero-order chi connectivity index (χ0) is 19.8. The number of hydrogen-bond acceptors (Lipinski definition) is 5. The van der Waals surface area contributed by atoms with Crippen molar-refractivity contribution in [1.29, 1.82) is 0 Å². The SMILES string of the molecule is Nc1c(Cl)cc(-c2ncc(C3CCN(CC4CCOCC4)CC3)[nH]2)c2c1CCO2. The van der Waals surface area contributed by atoms with E-state index in [1.165, 1.54) is 37.9 Å². The molecule has 0 amide bonds. The van der Waals surface area contributed by atoms with Gasteiger partial charge in [-0.15, -0.1) is 0 Å². The van der Waals surface area contributed by atoms with Crippen LogP contribution in [0.4, 0.5) is 5.69 Å². The van der Waals surface area contributed by atoms with E-state index in [-0.39, 0.29) is 0 Å². The molecule has 2 fully saturated rings. The summed E-state index contributed by atoms with van der Waals surface area (Å²) in [5.74, 6) is 2.99. The molecule has 2 saturated heterocycles. The Balaban J connectivity index is 1.26. The number of piperidine rings is 1. The highest BCUT2D eigenvalue weighted by Gasteiger charge is 2.27. The van der Waals surface area contributed by atoms with Gasteiger partial charge in [-0.3, -0.25) is 0 Å². The number of benzene rings is 1. The van der Waals surface area contributed by atoms with E-state index < -0.39 is 0 Å². The molecule has 4 heterocycles. The number of aromatic amines is 1. The Morgan fingerprint density at radius 3 is 2.76 bits per heavy atom. The summed E-state index contributed by atoms with van der Waals surface area (Å²) in [6.45, 7) is 6.04. The molecule has 156 valence electrons. The highest BCUT2D eigenvalue weighted by atomic mass is 35.5. The molecule has 0 aliphatic carbocycles. The molecule has 5 rings (SSSR count). The van der Waals surface area contributed by atoms with Crippen molar-refractivity contribution >= 4 is 17.3 Å². The number of ether oxygens (including phenoxy) is 2. The van der Waals surface area contributed by atoms with E-state index >= 15 is 0 Å². The monoisotopic (exact) mass is 416 g/mol. The van der Waals surface area contributed by atoms with Crippen LogP contribution in [-0.4, -0.2) is 54.3 Å². The smallest absolute Gasteiger partial charge is 0.141 e. The molecule has 0 spiro atoms. The van der Waals surface area contributed by atoms with Crippen LogP contribution in [0.2, 0.25) is 5.02 Å². The third-order valence-electron chi connectivity index (χ3n) is 6.71. The first-order valence-corrected chi connectivity index (χ1v) is 11.2. The molecule has 3 aliphatic rings. The summed E-state index contributed by atoms with van der Waals surface area (Å²) in [4.78, 5) is 10.8. The van der Waals surface area contributed by atoms with Gasteiger partial charge in [0, 0.05) is 49.6 Å². The normalized spacial score (nSPS) is 21.3. The predicted octanol–water partition coefficient (Wildman–Crippen LogP) is 3.85. The summed E-state index contributed by atoms with van der Waals surface area (Å²) in [7, 11) is 0. The van der Waals surface area contributed by atoms with Gasteiger partial charge in [-0.05, 0) is 50.8 Å². The average molecular weight is 417 g/mol. The summed E-state index contributed by atoms with van der Waals surface area (Å²) in [6, 6.07) is 1.88. The van der Waals surface area contributed by atoms with Crippen LogP contribution in [-0.2, 0) is 11.2 Å². The van der Waals surface area contributed by atoms with E-state index in [0.717, 1.165) is 61.3 Å². The fourth-order valence-corrected chi connectivity index (χ4v) is 5.17. The molecule has 0 radical (unpaired) electrons. The number of imidazole rings is 1. The lowest BCUT2D eigenvalue weighted by molar-refractivity contribution is 0.0487. The van der Waals surface area contributed by atoms with Gasteiger partial charge in [0.15, 0.2) is 0 Å². The molecule has 0 unspecified atom stereocenters. The standard InChI is InChI=1S/C22H29ClN4O2/c23-18-11-17(21-16(20(18)24)5-10-29-21)22-25-12-19(26-22)15-1-6-27(7-2-15)13-14-3-8-28-9-4-14/h11-12,14-15H,1-10,13,24H2,(H,25,26). The van der Waals surface area contributed by atoms with E-state index in [2.05, 4.69) is 14.9 Å². The molecule has 0 saturated carbocycles. The predicted molar refractivity (Wildman–Crippen MR) is 115 cm³/mol. The minimum Gasteiger partial charge on any atom is -0.492 e. The maximum absolute atomic E-state index is 6.36. The van der Waals surface area contributed by atoms with Crippen molar-refractivity contribution < 1.29 is 9.47 Å². The number of nitrogens with one attached hydrogen (secondary N) is 1. The van der Waals surface area contributed by atoms with Crippen molar-refractivity contribution in [3.05, 3.63) is 28.5 Å². The van der Waals surface area contributed by atoms with E-state index in [0.29, 0.717) is 23.2 Å². The first-order chi connectivity index (χ1) is 14.2. The minimum absolute atomic E-state index is 0.528. The molecule has 0 bridgehead atoms. The van der Waals surface area contributed by atoms with Crippen LogP contribution in [0, 0.1) is 5.92 Å². The maximum atomic E-state index is 6.36. The van der Waals surface area contributed by atoms with Crippen molar-refractivity contribution in [3.8, 4) is 17.1 Å². The van der Waals surface area contributed by atoms with E-state index in [4.69, 9.17) is 26.8 Å². The molecule has 6 nitrogen and oxygen atoms in total. The number of aromatic nitrogens is 2. The molecular formula is C22H29ClN4O2. The van der Waals surface area contributed by atoms with E-state index in [9.17, 15) is 0 Å². The van der Waals surface area contributed by atoms with Gasteiger partial charge in [0.2, 0.25) is 0 Å². The molecule has 29 heavy (non-hydrogen) atoms. The second kappa shape index (κ2) is 8.17. The number of nitrogen functional groups attached to an aromatic ring is 1. The Kier molecular flexibility index (Phi) is 5.41. The molecule has 0 atom stereocenters. The Morgan fingerprint density at radius 1 is 1.17 bits per heavy atom. The van der Waals surface area contributed by atoms with Gasteiger partial charge in [0.1, 0.15) is 11.6 Å². The van der Waals surface area contributed by atoms with Crippen molar-refractivity contribution in [3.63, 3.8) is 0 Å². The lowest BCUT2D eigenvalue weighted by atomic mass is 9.92. The second-order valence-electron chi connectivity index (χ2n) is 8.54. The number of rotatable bonds is 4. The highest BCUT2D eigenvalue weighted by molar-refractivity contribution is 6.33. The zero-order valence-electron chi connectivity index (χ0n) is 16.8. The first kappa shape index (κ1) is 19.2. The van der Waals surface area contributed by atoms with Gasteiger partial charge >= 0.3 is 0 Å². The van der Waals surface area contributed by atoms with Crippen LogP contribution in [0.15, 0.2) is 12.3 Å². The van der Waals surface area contributed by atoms with Crippen LogP contribution < -0.4 is 10.5 Å². The molecule has 3 N–H and O–H groups in total. The molecule has 1 aromatic carbocycles. The number of halogens is 1. The number of fused-ring (bicyclic) bond motifs is 1. The van der Waals surface area contributed by atoms with Gasteiger partial charge in [-0.25, -0.2) is 4.98 Å². The van der Waals surface area contributed by atoms with Gasteiger partial charge < -0.3 is 25.1 Å². The van der Waals surface area contributed by atoms with Crippen LogP contribution in [0.5, 0.6) is 5.75 Å². The molecule has 1 aromatic heterocycles. The third kappa shape index (κ3) is 3.86. The van der Waals surface area contributed by atoms with E-state index in [1.54, 1.807) is 0 Å². The Morgan fingerprint density at radius 2 is 1.97 bits per heavy atom. The van der Waals surface area contributed by atoms with Gasteiger partial charge in [0.25, 0.3) is 0 Å². The minimum atomic E-state index is 0.528. The van der Waals surface area contributed by atoms with Crippen LogP contribution in [0.1, 0.15) is 42.9 Å². The maximum Gasteiger partial charge on any atom is 0.141 e. The van der Waals surface area contributed by atoms with Gasteiger partial charge in [0.05, 0.1) is 22.9 Å². The average Bonchev–Trinajstić information content (AvgIpc) is 3.42. The Hall–Kier alpha value is -1.76. The first-order valence-electron chi connectivity index (χ1n) is 10.8. The van der Waals surface area contributed by atoms with Gasteiger partial charge in [-0.1, -0.05) is 11.6 Å². The van der Waals surface area contributed by atoms with Crippen LogP contribution in [0.3, 0.4) is 0 Å². The second-order valence-corrected chi connectivity index (χ2v) is 8.95. The van der Waals surface area contributed by atoms with Crippen LogP contribution in [0.25, 0.3) is 11.4 Å². The number of nitrogens with two attached hydrogens (primary N) is 1.